The molecule has 3 aromatic carbocycles. The normalized spacial score (nSPS) is 19.4. The molecule has 24 heavy (non-hydrogen) atoms. The molecular formula is C20H15BrClNO. The van der Waals surface area contributed by atoms with E-state index in [2.05, 4.69) is 45.5 Å². The minimum atomic E-state index is -0.211. The molecule has 0 saturated carbocycles. The summed E-state index contributed by atoms with van der Waals surface area (Å²) in [7, 11) is 0. The van der Waals surface area contributed by atoms with Crippen LogP contribution in [0.2, 0.25) is 5.02 Å². The van der Waals surface area contributed by atoms with Crippen molar-refractivity contribution >= 4 is 33.2 Å². The van der Waals surface area contributed by atoms with E-state index in [9.17, 15) is 0 Å². The number of halogens is 2. The van der Waals surface area contributed by atoms with E-state index in [1.54, 1.807) is 0 Å². The second kappa shape index (κ2) is 6.60. The zero-order chi connectivity index (χ0) is 16.5. The molecule has 0 saturated heterocycles. The van der Waals surface area contributed by atoms with Gasteiger partial charge in [-0.1, -0.05) is 70.0 Å². The van der Waals surface area contributed by atoms with Crippen molar-refractivity contribution in [1.82, 2.24) is 0 Å². The predicted molar refractivity (Wildman–Crippen MR) is 101 cm³/mol. The second-order valence-electron chi connectivity index (χ2n) is 5.73. The van der Waals surface area contributed by atoms with E-state index in [1.807, 2.05) is 48.5 Å². The number of benzene rings is 3. The van der Waals surface area contributed by atoms with E-state index in [4.69, 9.17) is 16.3 Å². The van der Waals surface area contributed by atoms with Gasteiger partial charge in [-0.05, 0) is 35.9 Å². The van der Waals surface area contributed by atoms with Crippen LogP contribution in [0.5, 0.6) is 0 Å². The van der Waals surface area contributed by atoms with Gasteiger partial charge in [0.05, 0.1) is 0 Å². The van der Waals surface area contributed by atoms with Crippen molar-refractivity contribution in [2.45, 2.75) is 12.3 Å². The molecule has 1 aliphatic heterocycles. The van der Waals surface area contributed by atoms with Crippen LogP contribution in [-0.4, -0.2) is 0 Å². The first-order valence-corrected chi connectivity index (χ1v) is 8.90. The minimum Gasteiger partial charge on any atom is -0.356 e. The monoisotopic (exact) mass is 399 g/mol. The Morgan fingerprint density at radius 3 is 2.38 bits per heavy atom. The molecule has 0 fully saturated rings. The summed E-state index contributed by atoms with van der Waals surface area (Å²) < 4.78 is 7.44. The first kappa shape index (κ1) is 15.7. The highest BCUT2D eigenvalue weighted by molar-refractivity contribution is 9.10. The van der Waals surface area contributed by atoms with Gasteiger partial charge in [0.15, 0.2) is 6.23 Å². The van der Waals surface area contributed by atoms with Crippen LogP contribution in [0.3, 0.4) is 0 Å². The van der Waals surface area contributed by atoms with Crippen molar-refractivity contribution in [1.29, 1.82) is 0 Å². The maximum atomic E-state index is 6.39. The minimum absolute atomic E-state index is 0.158. The third-order valence-electron chi connectivity index (χ3n) is 4.13. The molecule has 1 N–H and O–H groups in total. The lowest BCUT2D eigenvalue weighted by atomic mass is 9.97. The van der Waals surface area contributed by atoms with Gasteiger partial charge in [-0.3, -0.25) is 0 Å². The Balaban J connectivity index is 1.77. The average Bonchev–Trinajstić information content (AvgIpc) is 2.62. The van der Waals surface area contributed by atoms with Gasteiger partial charge in [-0.25, -0.2) is 0 Å². The number of anilines is 1. The topological polar surface area (TPSA) is 21.3 Å². The molecule has 4 heteroatoms. The van der Waals surface area contributed by atoms with Crippen LogP contribution in [-0.2, 0) is 4.74 Å². The quantitative estimate of drug-likeness (QED) is 0.542. The first-order chi connectivity index (χ1) is 11.7. The van der Waals surface area contributed by atoms with Gasteiger partial charge in [0.1, 0.15) is 6.10 Å². The molecule has 4 rings (SSSR count). The van der Waals surface area contributed by atoms with E-state index in [1.165, 1.54) is 0 Å². The van der Waals surface area contributed by atoms with Crippen molar-refractivity contribution in [2.24, 2.45) is 0 Å². The Labute approximate surface area is 154 Å². The van der Waals surface area contributed by atoms with Crippen molar-refractivity contribution < 1.29 is 4.74 Å². The van der Waals surface area contributed by atoms with Gasteiger partial charge in [0.2, 0.25) is 0 Å². The van der Waals surface area contributed by atoms with Gasteiger partial charge in [0, 0.05) is 26.3 Å². The maximum Gasteiger partial charge on any atom is 0.155 e. The fourth-order valence-electron chi connectivity index (χ4n) is 2.95. The summed E-state index contributed by atoms with van der Waals surface area (Å²) in [5.74, 6) is 0. The molecule has 1 aliphatic rings. The van der Waals surface area contributed by atoms with E-state index in [0.29, 0.717) is 5.02 Å². The van der Waals surface area contributed by atoms with Gasteiger partial charge >= 0.3 is 0 Å². The number of hydrogen-bond acceptors (Lipinski definition) is 2. The Hall–Kier alpha value is -1.81. The Morgan fingerprint density at radius 1 is 0.875 bits per heavy atom. The van der Waals surface area contributed by atoms with Crippen molar-refractivity contribution in [3.8, 4) is 0 Å². The summed E-state index contributed by atoms with van der Waals surface area (Å²) in [6.45, 7) is 0. The molecule has 2 nitrogen and oxygen atoms in total. The fraction of sp³-hybridized carbons (Fsp3) is 0.100. The largest absolute Gasteiger partial charge is 0.356 e. The number of nitrogens with one attached hydrogen (secondary N) is 1. The van der Waals surface area contributed by atoms with Crippen LogP contribution in [0.15, 0.2) is 77.3 Å². The van der Waals surface area contributed by atoms with Crippen LogP contribution < -0.4 is 5.32 Å². The van der Waals surface area contributed by atoms with Crippen LogP contribution in [0.1, 0.15) is 29.0 Å². The summed E-state index contributed by atoms with van der Waals surface area (Å²) in [5.41, 5.74) is 4.30. The van der Waals surface area contributed by atoms with E-state index in [0.717, 1.165) is 26.9 Å². The van der Waals surface area contributed by atoms with Crippen LogP contribution in [0, 0.1) is 0 Å². The molecule has 1 heterocycles. The molecular weight excluding hydrogens is 386 g/mol. The van der Waals surface area contributed by atoms with Gasteiger partial charge in [-0.15, -0.1) is 0 Å². The zero-order valence-corrected chi connectivity index (χ0v) is 15.1. The fourth-order valence-corrected chi connectivity index (χ4v) is 3.40. The molecule has 0 bridgehead atoms. The number of hydrogen-bond donors (Lipinski definition) is 1. The molecule has 0 aromatic heterocycles. The van der Waals surface area contributed by atoms with Crippen LogP contribution in [0.25, 0.3) is 0 Å². The summed E-state index contributed by atoms with van der Waals surface area (Å²) >= 11 is 9.69. The second-order valence-corrected chi connectivity index (χ2v) is 7.09. The van der Waals surface area contributed by atoms with E-state index >= 15 is 0 Å². The third-order valence-corrected chi connectivity index (χ3v) is 4.89. The number of ether oxygens (including phenoxy) is 1. The highest BCUT2D eigenvalue weighted by Gasteiger charge is 2.29. The van der Waals surface area contributed by atoms with Crippen LogP contribution in [0.4, 0.5) is 5.69 Å². The van der Waals surface area contributed by atoms with Crippen molar-refractivity contribution in [3.05, 3.63) is 99.0 Å². The van der Waals surface area contributed by atoms with Crippen molar-refractivity contribution in [2.75, 3.05) is 5.32 Å². The highest BCUT2D eigenvalue weighted by Crippen LogP contribution is 2.42. The van der Waals surface area contributed by atoms with Crippen molar-refractivity contribution in [3.63, 3.8) is 0 Å². The van der Waals surface area contributed by atoms with Gasteiger partial charge in [0.25, 0.3) is 0 Å². The molecule has 120 valence electrons. The highest BCUT2D eigenvalue weighted by atomic mass is 79.9. The number of rotatable bonds is 2. The summed E-state index contributed by atoms with van der Waals surface area (Å²) in [5, 5.41) is 4.17. The Morgan fingerprint density at radius 2 is 1.62 bits per heavy atom. The Bertz CT molecular complexity index is 851. The molecule has 0 spiro atoms. The maximum absolute atomic E-state index is 6.39. The standard InChI is InChI=1S/C20H15BrClNO/c21-15-8-6-14(7-9-15)20-23-18-11-10-16(22)12-17(18)19(24-20)13-4-2-1-3-5-13/h1-12,19-20,23H/t19-,20+/m1/s1. The molecule has 0 aliphatic carbocycles. The SMILES string of the molecule is Clc1ccc2c(c1)[C@@H](c1ccccc1)O[C@@H](c1ccc(Br)cc1)N2. The molecule has 2 atom stereocenters. The lowest BCUT2D eigenvalue weighted by molar-refractivity contribution is 0.0157. The molecule has 0 unspecified atom stereocenters. The lowest BCUT2D eigenvalue weighted by Crippen LogP contribution is -2.25. The molecule has 3 aromatic rings. The number of fused-ring (bicyclic) bond motifs is 1. The van der Waals surface area contributed by atoms with Gasteiger partial charge in [-0.2, -0.15) is 0 Å². The predicted octanol–water partition coefficient (Wildman–Crippen LogP) is 6.33. The first-order valence-electron chi connectivity index (χ1n) is 7.72. The summed E-state index contributed by atoms with van der Waals surface area (Å²) in [4.78, 5) is 0. The zero-order valence-electron chi connectivity index (χ0n) is 12.7. The van der Waals surface area contributed by atoms with E-state index < -0.39 is 0 Å². The molecule has 0 radical (unpaired) electrons. The van der Waals surface area contributed by atoms with Crippen LogP contribution >= 0.6 is 27.5 Å². The van der Waals surface area contributed by atoms with E-state index in [-0.39, 0.29) is 12.3 Å². The smallest absolute Gasteiger partial charge is 0.155 e. The lowest BCUT2D eigenvalue weighted by Gasteiger charge is -2.34. The Kier molecular flexibility index (Phi) is 4.31. The summed E-state index contributed by atoms with van der Waals surface area (Å²) in [6, 6.07) is 24.3. The van der Waals surface area contributed by atoms with Gasteiger partial charge < -0.3 is 10.1 Å². The average molecular weight is 401 g/mol. The summed E-state index contributed by atoms with van der Waals surface area (Å²) in [6.07, 6.45) is -0.369. The molecule has 0 amide bonds. The third kappa shape index (κ3) is 3.07.